The second kappa shape index (κ2) is 9.80. The Hall–Kier alpha value is 0.168. The highest BCUT2D eigenvalue weighted by Gasteiger charge is 2.26. The van der Waals surface area contributed by atoms with E-state index in [1.165, 1.54) is 19.3 Å². The molecule has 0 N–H and O–H groups in total. The van der Waals surface area contributed by atoms with Crippen LogP contribution in [0.4, 0.5) is 0 Å². The summed E-state index contributed by atoms with van der Waals surface area (Å²) < 4.78 is 0. The molecule has 2 aromatic heterocycles. The van der Waals surface area contributed by atoms with Crippen molar-refractivity contribution in [2.45, 2.75) is 97.8 Å². The van der Waals surface area contributed by atoms with E-state index >= 15 is 0 Å². The molecule has 0 nitrogen and oxygen atoms in total. The third kappa shape index (κ3) is 7.59. The van der Waals surface area contributed by atoms with Gasteiger partial charge in [0.05, 0.1) is 32.3 Å². The van der Waals surface area contributed by atoms with E-state index in [2.05, 4.69) is 103 Å². The maximum atomic E-state index is 2.52. The van der Waals surface area contributed by atoms with Crippen molar-refractivity contribution in [2.24, 2.45) is 0 Å². The summed E-state index contributed by atoms with van der Waals surface area (Å²) in [4.78, 5) is 3.44. The first-order valence-electron chi connectivity index (χ1n) is 11.9. The number of hydrogen-bond acceptors (Lipinski definition) is 0. The fourth-order valence-electron chi connectivity index (χ4n) is 4.01. The Kier molecular flexibility index (Phi) is 8.67. The molecule has 0 aliphatic rings. The summed E-state index contributed by atoms with van der Waals surface area (Å²) >= 11 is 0. The molecule has 0 radical (unpaired) electrons. The Morgan fingerprint density at radius 1 is 0.484 bits per heavy atom. The predicted molar refractivity (Wildman–Crippen MR) is 162 cm³/mol. The molecule has 31 heavy (non-hydrogen) atoms. The maximum absolute atomic E-state index is 2.52. The van der Waals surface area contributed by atoms with Gasteiger partial charge in [0.25, 0.3) is 0 Å². The monoisotopic (exact) mass is 520 g/mol. The van der Waals surface area contributed by atoms with E-state index in [1.807, 2.05) is 0 Å². The molecule has 0 aliphatic heterocycles. The van der Waals surface area contributed by atoms with Gasteiger partial charge in [-0.2, -0.15) is 0 Å². The molecule has 2 rings (SSSR count). The van der Waals surface area contributed by atoms with Gasteiger partial charge in [-0.1, -0.05) is 130 Å². The lowest BCUT2D eigenvalue weighted by molar-refractivity contribution is 0.846. The zero-order valence-electron chi connectivity index (χ0n) is 22.3. The molecular weight excluding hydrogens is 475 g/mol. The Morgan fingerprint density at radius 2 is 0.806 bits per heavy atom. The van der Waals surface area contributed by atoms with Crippen LogP contribution in [0, 0.1) is 0 Å². The summed E-state index contributed by atoms with van der Waals surface area (Å²) in [6.07, 6.45) is 3.87. The number of hydrogen-bond donors (Lipinski definition) is 0. The van der Waals surface area contributed by atoms with E-state index in [0.717, 1.165) is 0 Å². The molecule has 0 atom stereocenters. The summed E-state index contributed by atoms with van der Waals surface area (Å²) in [5.41, 5.74) is 0. The molecule has 0 aromatic carbocycles. The van der Waals surface area contributed by atoms with Crippen LogP contribution in [0.5, 0.6) is 0 Å². The summed E-state index contributed by atoms with van der Waals surface area (Å²) in [7, 11) is -1.97. The van der Waals surface area contributed by atoms with Crippen LogP contribution in [0.3, 0.4) is 0 Å². The van der Waals surface area contributed by atoms with Crippen LogP contribution in [0.1, 0.15) is 17.0 Å². The summed E-state index contributed by atoms with van der Waals surface area (Å²) in [6, 6.07) is 10.0. The Balaban J connectivity index is 2.36. The molecule has 172 valence electrons. The van der Waals surface area contributed by atoms with Crippen LogP contribution in [-0.2, 0) is 12.8 Å². The highest BCUT2D eigenvalue weighted by molar-refractivity contribution is 7.43. The van der Waals surface area contributed by atoms with Crippen LogP contribution in [-0.4, -0.2) is 32.3 Å². The van der Waals surface area contributed by atoms with Gasteiger partial charge in [-0.05, 0) is 39.7 Å². The molecule has 0 bridgehead atoms. The highest BCUT2D eigenvalue weighted by atomic mass is 31.0. The second-order valence-corrected chi connectivity index (χ2v) is 36.7. The topological polar surface area (TPSA) is 0 Å². The van der Waals surface area contributed by atoms with Crippen LogP contribution in [0.2, 0.25) is 78.6 Å². The van der Waals surface area contributed by atoms with Gasteiger partial charge in [0, 0.05) is 0 Å². The Bertz CT molecular complexity index is 836. The van der Waals surface area contributed by atoms with Crippen molar-refractivity contribution >= 4 is 68.9 Å². The zero-order chi connectivity index (χ0) is 23.8. The molecule has 0 fully saturated rings. The van der Waals surface area contributed by atoms with Crippen molar-refractivity contribution in [3.8, 4) is 0 Å². The van der Waals surface area contributed by atoms with Gasteiger partial charge in [0.15, 0.2) is 0 Å². The average Bonchev–Trinajstić information content (AvgIpc) is 2.58. The molecule has 0 aliphatic carbocycles. The first-order chi connectivity index (χ1) is 13.9. The summed E-state index contributed by atoms with van der Waals surface area (Å²) in [6.45, 7) is 30.1. The molecule has 2 aromatic rings. The fourth-order valence-corrected chi connectivity index (χ4v) is 16.0. The predicted octanol–water partition coefficient (Wildman–Crippen LogP) is 7.20. The minimum atomic E-state index is -1.31. The van der Waals surface area contributed by atoms with Gasteiger partial charge in [-0.25, -0.2) is 0 Å². The summed E-state index contributed by atoms with van der Waals surface area (Å²) in [5.74, 6) is 0. The third-order valence-electron chi connectivity index (χ3n) is 5.93. The SMILES string of the molecule is C[Si](C)(C)c1ccc([Si](C)(C)C)c(CCCc2pc([Si](C)(C)C)ccc2[Si](C)(C)C)p1. The standard InChI is InChI=1S/C25H46P2Si4/c1-28(2,3)22-16-18-24(30(7,8)9)26-20(22)14-13-15-21-23(29(4,5)6)17-19-25(27-21)31(10,11)12/h16-19H,13-15H2,1-12H3. The number of aryl methyl sites for hydroxylation is 2. The molecule has 0 unspecified atom stereocenters. The van der Waals surface area contributed by atoms with Gasteiger partial charge < -0.3 is 0 Å². The van der Waals surface area contributed by atoms with Gasteiger partial charge in [-0.3, -0.25) is 0 Å². The van der Waals surface area contributed by atoms with Gasteiger partial charge in [0.1, 0.15) is 0 Å². The van der Waals surface area contributed by atoms with Crippen LogP contribution in [0.25, 0.3) is 0 Å². The molecular formula is C25H46P2Si4. The average molecular weight is 521 g/mol. The lowest BCUT2D eigenvalue weighted by Crippen LogP contribution is -2.43. The molecule has 0 saturated carbocycles. The van der Waals surface area contributed by atoms with E-state index in [0.29, 0.717) is 0 Å². The maximum Gasteiger partial charge on any atom is 0.0835 e. The van der Waals surface area contributed by atoms with Crippen molar-refractivity contribution < 1.29 is 0 Å². The lowest BCUT2D eigenvalue weighted by Gasteiger charge is -2.26. The minimum absolute atomic E-state index is 1.24. The van der Waals surface area contributed by atoms with E-state index in [1.54, 1.807) is 47.2 Å². The smallest absolute Gasteiger partial charge is 0.0741 e. The minimum Gasteiger partial charge on any atom is -0.0741 e. The first-order valence-corrected chi connectivity index (χ1v) is 27.7. The van der Waals surface area contributed by atoms with Gasteiger partial charge >= 0.3 is 0 Å². The normalized spacial score (nSPS) is 14.1. The molecule has 0 saturated heterocycles. The molecule has 0 spiro atoms. The van der Waals surface area contributed by atoms with Crippen LogP contribution < -0.4 is 20.2 Å². The van der Waals surface area contributed by atoms with Crippen LogP contribution in [0.15, 0.2) is 24.3 Å². The van der Waals surface area contributed by atoms with Crippen molar-refractivity contribution in [3.63, 3.8) is 0 Å². The largest absolute Gasteiger partial charge is 0.0835 e. The van der Waals surface area contributed by atoms with E-state index in [4.69, 9.17) is 0 Å². The quantitative estimate of drug-likeness (QED) is 0.323. The zero-order valence-corrected chi connectivity index (χ0v) is 28.1. The van der Waals surface area contributed by atoms with E-state index in [9.17, 15) is 0 Å². The Labute approximate surface area is 200 Å². The van der Waals surface area contributed by atoms with Crippen molar-refractivity contribution in [1.82, 2.24) is 0 Å². The van der Waals surface area contributed by atoms with Gasteiger partial charge in [-0.15, -0.1) is 0 Å². The third-order valence-corrected chi connectivity index (χ3v) is 20.9. The lowest BCUT2D eigenvalue weighted by atomic mass is 10.2. The van der Waals surface area contributed by atoms with Crippen LogP contribution >= 0.6 is 16.4 Å². The first kappa shape index (κ1) is 27.4. The molecule has 0 amide bonds. The van der Waals surface area contributed by atoms with E-state index < -0.39 is 32.3 Å². The fraction of sp³-hybridized carbons (Fsp3) is 0.600. The van der Waals surface area contributed by atoms with Gasteiger partial charge in [0.2, 0.25) is 0 Å². The van der Waals surface area contributed by atoms with Crippen molar-refractivity contribution in [2.75, 3.05) is 0 Å². The molecule has 6 heteroatoms. The Morgan fingerprint density at radius 3 is 1.06 bits per heavy atom. The summed E-state index contributed by atoms with van der Waals surface area (Å²) in [5, 5.41) is 6.97. The number of rotatable bonds is 8. The highest BCUT2D eigenvalue weighted by Crippen LogP contribution is 2.23. The van der Waals surface area contributed by atoms with E-state index in [-0.39, 0.29) is 0 Å². The van der Waals surface area contributed by atoms with Crippen molar-refractivity contribution in [1.29, 1.82) is 0 Å². The second-order valence-electron chi connectivity index (χ2n) is 13.2. The van der Waals surface area contributed by atoms with Crippen molar-refractivity contribution in [3.05, 3.63) is 34.9 Å². The molecule has 2 heterocycles.